The predicted molar refractivity (Wildman–Crippen MR) is 105 cm³/mol. The van der Waals surface area contributed by atoms with E-state index in [1.54, 1.807) is 13.2 Å². The lowest BCUT2D eigenvalue weighted by molar-refractivity contribution is 0.0833. The fourth-order valence-corrected chi connectivity index (χ4v) is 4.62. The number of nitrogens with one attached hydrogen (secondary N) is 1. The molecule has 0 amide bonds. The Morgan fingerprint density at radius 1 is 1.58 bits per heavy atom. The third-order valence-electron chi connectivity index (χ3n) is 5.64. The van der Waals surface area contributed by atoms with Crippen LogP contribution in [0.25, 0.3) is 0 Å². The number of aliphatic hydroxyl groups excluding tert-OH is 1. The van der Waals surface area contributed by atoms with Gasteiger partial charge in [0.1, 0.15) is 6.10 Å². The summed E-state index contributed by atoms with van der Waals surface area (Å²) < 4.78 is 11.9. The molecule has 0 unspecified atom stereocenters. The van der Waals surface area contributed by atoms with E-state index < -0.39 is 6.10 Å². The molecule has 1 aromatic rings. The van der Waals surface area contributed by atoms with Gasteiger partial charge in [-0.05, 0) is 30.3 Å². The van der Waals surface area contributed by atoms with E-state index in [0.29, 0.717) is 13.0 Å². The highest BCUT2D eigenvalue weighted by Gasteiger charge is 2.52. The summed E-state index contributed by atoms with van der Waals surface area (Å²) in [5.74, 6) is 1.57. The average molecular weight is 372 g/mol. The minimum absolute atomic E-state index is 0.0813. The summed E-state index contributed by atoms with van der Waals surface area (Å²) in [5, 5.41) is 14.1. The fourth-order valence-electron chi connectivity index (χ4n) is 4.38. The summed E-state index contributed by atoms with van der Waals surface area (Å²) in [6.45, 7) is 5.94. The number of ether oxygens (including phenoxy) is 2. The van der Waals surface area contributed by atoms with Crippen molar-refractivity contribution >= 4 is 17.3 Å². The van der Waals surface area contributed by atoms with E-state index in [2.05, 4.69) is 28.9 Å². The lowest BCUT2D eigenvalue weighted by Gasteiger charge is -2.36. The third kappa shape index (κ3) is 2.59. The molecule has 0 bridgehead atoms. The largest absolute Gasteiger partial charge is 0.493 e. The van der Waals surface area contributed by atoms with Crippen molar-refractivity contribution in [3.05, 3.63) is 48.1 Å². The summed E-state index contributed by atoms with van der Waals surface area (Å²) in [7, 11) is 1.66. The SMILES string of the molecule is C=CCNC(=S)N1CC[C@@]23C=C[C@@H](O)C[C@@H]2Oc2c(OC)ccc(c23)C1. The van der Waals surface area contributed by atoms with E-state index >= 15 is 0 Å². The minimum Gasteiger partial charge on any atom is -0.493 e. The zero-order chi connectivity index (χ0) is 18.3. The maximum atomic E-state index is 10.1. The molecule has 1 spiro atoms. The lowest BCUT2D eigenvalue weighted by Crippen LogP contribution is -2.44. The van der Waals surface area contributed by atoms with Crippen LogP contribution in [0.5, 0.6) is 11.5 Å². The van der Waals surface area contributed by atoms with Gasteiger partial charge >= 0.3 is 0 Å². The summed E-state index contributed by atoms with van der Waals surface area (Å²) in [5.41, 5.74) is 2.16. The second kappa shape index (κ2) is 6.59. The first-order valence-corrected chi connectivity index (χ1v) is 9.38. The van der Waals surface area contributed by atoms with E-state index in [9.17, 15) is 5.11 Å². The molecule has 0 radical (unpaired) electrons. The molecule has 2 aliphatic heterocycles. The van der Waals surface area contributed by atoms with Crippen LogP contribution in [0.15, 0.2) is 36.9 Å². The van der Waals surface area contributed by atoms with Gasteiger partial charge in [0.25, 0.3) is 0 Å². The van der Waals surface area contributed by atoms with Gasteiger partial charge in [-0.3, -0.25) is 0 Å². The smallest absolute Gasteiger partial charge is 0.169 e. The van der Waals surface area contributed by atoms with Gasteiger partial charge < -0.3 is 24.8 Å². The van der Waals surface area contributed by atoms with Gasteiger partial charge in [-0.25, -0.2) is 0 Å². The van der Waals surface area contributed by atoms with Crippen molar-refractivity contribution in [2.45, 2.75) is 37.0 Å². The third-order valence-corrected chi connectivity index (χ3v) is 6.04. The van der Waals surface area contributed by atoms with Crippen molar-refractivity contribution in [2.75, 3.05) is 20.2 Å². The number of nitrogens with zero attached hydrogens (tertiary/aromatic N) is 1. The van der Waals surface area contributed by atoms with E-state index in [1.165, 1.54) is 11.1 Å². The Morgan fingerprint density at radius 3 is 3.19 bits per heavy atom. The number of methoxy groups -OCH3 is 1. The summed E-state index contributed by atoms with van der Waals surface area (Å²) >= 11 is 5.58. The topological polar surface area (TPSA) is 54.0 Å². The van der Waals surface area contributed by atoms with Crippen LogP contribution in [-0.2, 0) is 12.0 Å². The quantitative estimate of drug-likeness (QED) is 0.627. The fraction of sp³-hybridized carbons (Fsp3) is 0.450. The molecule has 1 aliphatic carbocycles. The van der Waals surface area contributed by atoms with Crippen molar-refractivity contribution in [1.29, 1.82) is 0 Å². The van der Waals surface area contributed by atoms with Crippen LogP contribution >= 0.6 is 12.2 Å². The number of hydrogen-bond acceptors (Lipinski definition) is 4. The molecule has 2 heterocycles. The first-order valence-electron chi connectivity index (χ1n) is 8.97. The van der Waals surface area contributed by atoms with Crippen molar-refractivity contribution in [3.8, 4) is 11.5 Å². The molecule has 2 N–H and O–H groups in total. The molecule has 5 nitrogen and oxygen atoms in total. The summed E-state index contributed by atoms with van der Waals surface area (Å²) in [6.07, 6.45) is 6.77. The highest BCUT2D eigenvalue weighted by atomic mass is 32.1. The highest BCUT2D eigenvalue weighted by molar-refractivity contribution is 7.80. The van der Waals surface area contributed by atoms with Gasteiger partial charge in [0.05, 0.1) is 18.6 Å². The Kier molecular flexibility index (Phi) is 4.40. The molecule has 0 saturated heterocycles. The average Bonchev–Trinajstić information content (AvgIpc) is 2.87. The first-order chi connectivity index (χ1) is 12.6. The number of rotatable bonds is 3. The number of benzene rings is 1. The van der Waals surface area contributed by atoms with Crippen molar-refractivity contribution in [3.63, 3.8) is 0 Å². The Hall–Kier alpha value is -2.05. The molecule has 4 rings (SSSR count). The number of thiocarbonyl (C=S) groups is 1. The first kappa shape index (κ1) is 17.4. The van der Waals surface area contributed by atoms with E-state index in [4.69, 9.17) is 21.7 Å². The molecule has 0 fully saturated rings. The van der Waals surface area contributed by atoms with E-state index in [0.717, 1.165) is 36.1 Å². The van der Waals surface area contributed by atoms with Gasteiger partial charge in [-0.1, -0.05) is 24.3 Å². The van der Waals surface area contributed by atoms with E-state index in [1.807, 2.05) is 12.1 Å². The van der Waals surface area contributed by atoms with Crippen molar-refractivity contribution < 1.29 is 14.6 Å². The van der Waals surface area contributed by atoms with Crippen LogP contribution < -0.4 is 14.8 Å². The van der Waals surface area contributed by atoms with Crippen LogP contribution in [0.2, 0.25) is 0 Å². The molecular formula is C20H24N2O3S. The molecule has 0 saturated carbocycles. The van der Waals surface area contributed by atoms with Crippen LogP contribution in [0.4, 0.5) is 0 Å². The molecule has 3 aliphatic rings. The van der Waals surface area contributed by atoms with Gasteiger partial charge in [0.15, 0.2) is 16.6 Å². The molecule has 1 aromatic carbocycles. The van der Waals surface area contributed by atoms with Crippen LogP contribution in [-0.4, -0.2) is 47.5 Å². The standard InChI is InChI=1S/C20H24N2O3S/c1-3-9-21-19(26)22-10-8-20-7-6-14(23)11-16(20)25-18-15(24-2)5-4-13(12-22)17(18)20/h3-7,14,16,23H,1,8-12H2,2H3,(H,21,26)/t14-,16+,20+/m1/s1. The predicted octanol–water partition coefficient (Wildman–Crippen LogP) is 2.28. The van der Waals surface area contributed by atoms with Crippen LogP contribution in [0.1, 0.15) is 24.0 Å². The lowest BCUT2D eigenvalue weighted by atomic mass is 9.69. The number of aliphatic hydroxyl groups is 1. The van der Waals surface area contributed by atoms with Crippen LogP contribution in [0, 0.1) is 0 Å². The van der Waals surface area contributed by atoms with Gasteiger partial charge in [-0.15, -0.1) is 6.58 Å². The molecule has 6 heteroatoms. The molecule has 0 aromatic heterocycles. The normalized spacial score (nSPS) is 28.5. The zero-order valence-electron chi connectivity index (χ0n) is 14.9. The maximum absolute atomic E-state index is 10.1. The monoisotopic (exact) mass is 372 g/mol. The second-order valence-corrected chi connectivity index (χ2v) is 7.47. The summed E-state index contributed by atoms with van der Waals surface area (Å²) in [4.78, 5) is 2.20. The molecule has 3 atom stereocenters. The Morgan fingerprint density at radius 2 is 2.42 bits per heavy atom. The maximum Gasteiger partial charge on any atom is 0.169 e. The van der Waals surface area contributed by atoms with E-state index in [-0.39, 0.29) is 11.5 Å². The highest BCUT2D eigenvalue weighted by Crippen LogP contribution is 2.55. The Labute approximate surface area is 159 Å². The molecular weight excluding hydrogens is 348 g/mol. The van der Waals surface area contributed by atoms with Crippen LogP contribution in [0.3, 0.4) is 0 Å². The van der Waals surface area contributed by atoms with Gasteiger partial charge in [0.2, 0.25) is 0 Å². The van der Waals surface area contributed by atoms with Gasteiger partial charge in [-0.2, -0.15) is 0 Å². The Balaban J connectivity index is 1.78. The van der Waals surface area contributed by atoms with Crippen molar-refractivity contribution in [1.82, 2.24) is 10.2 Å². The number of hydrogen-bond donors (Lipinski definition) is 2. The summed E-state index contributed by atoms with van der Waals surface area (Å²) in [6, 6.07) is 4.07. The second-order valence-electron chi connectivity index (χ2n) is 7.09. The van der Waals surface area contributed by atoms with Gasteiger partial charge in [0, 0.05) is 31.6 Å². The zero-order valence-corrected chi connectivity index (χ0v) is 15.7. The molecule has 26 heavy (non-hydrogen) atoms. The van der Waals surface area contributed by atoms with Crippen molar-refractivity contribution in [2.24, 2.45) is 0 Å². The minimum atomic E-state index is -0.468. The molecule has 138 valence electrons. The Bertz CT molecular complexity index is 779.